The van der Waals surface area contributed by atoms with Gasteiger partial charge in [0.1, 0.15) is 31.7 Å². The van der Waals surface area contributed by atoms with Gasteiger partial charge in [-0.15, -0.1) is 5.10 Å². The van der Waals surface area contributed by atoms with Crippen LogP contribution in [-0.2, 0) is 31.8 Å². The van der Waals surface area contributed by atoms with Crippen LogP contribution >= 0.6 is 0 Å². The normalized spacial score (nSPS) is 15.9. The van der Waals surface area contributed by atoms with Crippen LogP contribution in [0.5, 0.6) is 0 Å². The number of hydrogen-bond acceptors (Lipinski definition) is 8. The van der Waals surface area contributed by atoms with Crippen molar-refractivity contribution < 1.29 is 32.2 Å². The van der Waals surface area contributed by atoms with Crippen molar-refractivity contribution in [3.8, 4) is 0 Å². The zero-order chi connectivity index (χ0) is 28.6. The van der Waals surface area contributed by atoms with Gasteiger partial charge in [-0.2, -0.15) is 22.7 Å². The maximum absolute atomic E-state index is 13.6. The Morgan fingerprint density at radius 3 is 2.38 bits per heavy atom. The number of benzene rings is 1. The van der Waals surface area contributed by atoms with Crippen LogP contribution in [0, 0.1) is 6.92 Å². The molecule has 4 heterocycles. The van der Waals surface area contributed by atoms with E-state index in [1.807, 2.05) is 4.90 Å². The van der Waals surface area contributed by atoms with E-state index < -0.39 is 23.2 Å². The van der Waals surface area contributed by atoms with Gasteiger partial charge in [-0.1, -0.05) is 0 Å². The first-order chi connectivity index (χ1) is 19.0. The Hall–Kier alpha value is -4.56. The lowest BCUT2D eigenvalue weighted by molar-refractivity contribution is -0.137. The third-order valence-electron chi connectivity index (χ3n) is 6.68. The summed E-state index contributed by atoms with van der Waals surface area (Å²) in [6, 6.07) is 4.08. The molecule has 0 atom stereocenters. The third-order valence-corrected chi connectivity index (χ3v) is 6.68. The van der Waals surface area contributed by atoms with Crippen molar-refractivity contribution in [3.05, 3.63) is 58.0 Å². The van der Waals surface area contributed by atoms with E-state index in [2.05, 4.69) is 15.4 Å². The molecule has 2 aromatic heterocycles. The molecule has 0 aliphatic carbocycles. The number of hydrogen-bond donors (Lipinski definition) is 1. The van der Waals surface area contributed by atoms with E-state index in [1.165, 1.54) is 17.8 Å². The van der Waals surface area contributed by atoms with E-state index in [-0.39, 0.29) is 42.1 Å². The maximum atomic E-state index is 13.6. The van der Waals surface area contributed by atoms with Gasteiger partial charge in [0.15, 0.2) is 0 Å². The molecule has 0 radical (unpaired) electrons. The molecule has 2 aliphatic heterocycles. The van der Waals surface area contributed by atoms with Crippen LogP contribution in [0.4, 0.5) is 24.5 Å². The van der Waals surface area contributed by atoms with Gasteiger partial charge >= 0.3 is 6.18 Å². The fraction of sp³-hybridized carbons (Fsp3) is 0.400. The molecule has 1 saturated heterocycles. The Bertz CT molecular complexity index is 1540. The van der Waals surface area contributed by atoms with E-state index in [9.17, 15) is 27.6 Å². The molecule has 3 aromatic rings. The fourth-order valence-electron chi connectivity index (χ4n) is 4.62. The van der Waals surface area contributed by atoms with E-state index in [0.717, 1.165) is 28.8 Å². The quantitative estimate of drug-likeness (QED) is 0.501. The first-order valence-corrected chi connectivity index (χ1v) is 12.5. The summed E-state index contributed by atoms with van der Waals surface area (Å²) in [6.45, 7) is 5.08. The van der Waals surface area contributed by atoms with Crippen molar-refractivity contribution in [3.63, 3.8) is 0 Å². The molecule has 212 valence electrons. The molecule has 0 saturated carbocycles. The Labute approximate surface area is 225 Å². The van der Waals surface area contributed by atoms with Gasteiger partial charge in [0.25, 0.3) is 5.56 Å². The number of amides is 2. The average Bonchev–Trinajstić information content (AvgIpc) is 3.38. The lowest BCUT2D eigenvalue weighted by atomic mass is 10.2. The molecule has 0 unspecified atom stereocenters. The van der Waals surface area contributed by atoms with E-state index in [4.69, 9.17) is 9.47 Å². The summed E-state index contributed by atoms with van der Waals surface area (Å²) in [4.78, 5) is 46.4. The van der Waals surface area contributed by atoms with E-state index in [0.29, 0.717) is 44.2 Å². The van der Waals surface area contributed by atoms with Crippen LogP contribution in [0.15, 0.2) is 35.3 Å². The molecule has 15 heteroatoms. The number of ether oxygens (including phenoxy) is 2. The molecule has 0 spiro atoms. The van der Waals surface area contributed by atoms with Gasteiger partial charge in [0.05, 0.1) is 5.56 Å². The minimum Gasteiger partial charge on any atom is -0.494 e. The van der Waals surface area contributed by atoms with E-state index >= 15 is 0 Å². The number of rotatable bonds is 5. The smallest absolute Gasteiger partial charge is 0.416 e. The van der Waals surface area contributed by atoms with Crippen molar-refractivity contribution in [2.45, 2.75) is 26.6 Å². The van der Waals surface area contributed by atoms with Crippen LogP contribution < -0.4 is 15.8 Å². The van der Waals surface area contributed by atoms with Gasteiger partial charge in [-0.3, -0.25) is 14.4 Å². The van der Waals surface area contributed by atoms with E-state index in [1.54, 1.807) is 11.8 Å². The van der Waals surface area contributed by atoms with Crippen molar-refractivity contribution in [1.82, 2.24) is 24.1 Å². The van der Waals surface area contributed by atoms with Gasteiger partial charge in [-0.25, -0.2) is 0 Å². The molecule has 2 aliphatic rings. The molecule has 2 amide bonds. The number of nitrogens with one attached hydrogen (secondary N) is 1. The highest BCUT2D eigenvalue weighted by atomic mass is 19.4. The highest BCUT2D eigenvalue weighted by Gasteiger charge is 2.30. The molecular formula is C25H26F3N7O5. The third kappa shape index (κ3) is 5.31. The zero-order valence-electron chi connectivity index (χ0n) is 21.7. The lowest BCUT2D eigenvalue weighted by Gasteiger charge is -2.36. The second kappa shape index (κ2) is 10.5. The first-order valence-electron chi connectivity index (χ1n) is 12.5. The second-order valence-corrected chi connectivity index (χ2v) is 9.29. The molecule has 1 N–H and O–H groups in total. The predicted molar refractivity (Wildman–Crippen MR) is 136 cm³/mol. The number of alkyl halides is 3. The SMILES string of the molecule is CC(=O)N1CCN(c2c(C)n(CC(=O)Nc3ccc(C(F)(F)F)cc3)c3nc(C4=COCCO4)nn3c2=O)CC1. The minimum absolute atomic E-state index is 0.0620. The Morgan fingerprint density at radius 2 is 1.77 bits per heavy atom. The molecule has 1 aromatic carbocycles. The highest BCUT2D eigenvalue weighted by molar-refractivity contribution is 5.91. The number of carbonyl (C=O) groups is 2. The maximum Gasteiger partial charge on any atom is 0.416 e. The summed E-state index contributed by atoms with van der Waals surface area (Å²) >= 11 is 0. The van der Waals surface area contributed by atoms with Gasteiger partial charge < -0.3 is 29.2 Å². The average molecular weight is 562 g/mol. The summed E-state index contributed by atoms with van der Waals surface area (Å²) < 4.78 is 52.2. The molecule has 5 rings (SSSR count). The largest absolute Gasteiger partial charge is 0.494 e. The Kier molecular flexibility index (Phi) is 7.12. The molecular weight excluding hydrogens is 535 g/mol. The van der Waals surface area contributed by atoms with Gasteiger partial charge in [0.2, 0.25) is 29.2 Å². The van der Waals surface area contributed by atoms with Crippen LogP contribution in [-0.4, -0.2) is 75.3 Å². The number of nitrogens with zero attached hydrogens (tertiary/aromatic N) is 6. The lowest BCUT2D eigenvalue weighted by Crippen LogP contribution is -2.50. The highest BCUT2D eigenvalue weighted by Crippen LogP contribution is 2.30. The standard InChI is InChI=1S/C25H26F3N7O5/c1-15-21(33-9-7-32(8-10-33)16(2)36)23(38)35-24(30-22(31-35)19-14-39-11-12-40-19)34(15)13-20(37)29-18-5-3-17(4-6-18)25(26,27)28/h3-6,14H,7-13H2,1-2H3,(H,29,37). The van der Waals surface area contributed by atoms with Crippen molar-refractivity contribution >= 4 is 34.7 Å². The molecule has 40 heavy (non-hydrogen) atoms. The van der Waals surface area contributed by atoms with Gasteiger partial charge in [0, 0.05) is 44.5 Å². The topological polar surface area (TPSA) is 123 Å². The second-order valence-electron chi connectivity index (χ2n) is 9.29. The summed E-state index contributed by atoms with van der Waals surface area (Å²) in [5.41, 5.74) is -0.390. The van der Waals surface area contributed by atoms with Crippen LogP contribution in [0.3, 0.4) is 0 Å². The van der Waals surface area contributed by atoms with Crippen molar-refractivity contribution in [2.24, 2.45) is 0 Å². The molecule has 1 fully saturated rings. The zero-order valence-corrected chi connectivity index (χ0v) is 21.7. The number of carbonyl (C=O) groups excluding carboxylic acids is 2. The van der Waals surface area contributed by atoms with Gasteiger partial charge in [-0.05, 0) is 31.2 Å². The van der Waals surface area contributed by atoms with Crippen molar-refractivity contribution in [1.29, 1.82) is 0 Å². The number of anilines is 2. The molecule has 0 bridgehead atoms. The number of piperazine rings is 1. The summed E-state index contributed by atoms with van der Waals surface area (Å²) in [7, 11) is 0. The predicted octanol–water partition coefficient (Wildman–Crippen LogP) is 1.87. The summed E-state index contributed by atoms with van der Waals surface area (Å²) in [5.74, 6) is -0.230. The number of halogens is 3. The number of aromatic nitrogens is 4. The Morgan fingerprint density at radius 1 is 1.07 bits per heavy atom. The van der Waals surface area contributed by atoms with Crippen LogP contribution in [0.1, 0.15) is 24.0 Å². The number of fused-ring (bicyclic) bond motifs is 1. The van der Waals surface area contributed by atoms with Crippen molar-refractivity contribution in [2.75, 3.05) is 49.6 Å². The van der Waals surface area contributed by atoms with Crippen LogP contribution in [0.2, 0.25) is 0 Å². The first kappa shape index (κ1) is 27.0. The summed E-state index contributed by atoms with van der Waals surface area (Å²) in [6.07, 6.45) is -3.15. The van der Waals surface area contributed by atoms with Crippen LogP contribution in [0.25, 0.3) is 11.5 Å². The fourth-order valence-corrected chi connectivity index (χ4v) is 4.62. The Balaban J connectivity index is 1.51. The monoisotopic (exact) mass is 561 g/mol. The molecule has 12 nitrogen and oxygen atoms in total. The minimum atomic E-state index is -4.50. The summed E-state index contributed by atoms with van der Waals surface area (Å²) in [5, 5.41) is 6.92.